The van der Waals surface area contributed by atoms with Gasteiger partial charge in [-0.05, 0) is 60.0 Å². The summed E-state index contributed by atoms with van der Waals surface area (Å²) in [6.07, 6.45) is 0. The van der Waals surface area contributed by atoms with Gasteiger partial charge >= 0.3 is 0 Å². The predicted octanol–water partition coefficient (Wildman–Crippen LogP) is 5.72. The maximum absolute atomic E-state index is 13.2. The highest BCUT2D eigenvalue weighted by molar-refractivity contribution is 7.93. The standard InChI is InChI=1S/C30H25N3O5S2/c1-33(40(37,38)25-12-3-2-4-13-25)29-17-8-7-15-27(29)30(34)31-23-18-20-24(21-19-23)39(35,36)32-28-16-9-11-22-10-5-6-14-26(22)28/h2-21,32H,1H3,(H,31,34). The molecule has 0 unspecified atom stereocenters. The van der Waals surface area contributed by atoms with Gasteiger partial charge in [-0.3, -0.25) is 13.8 Å². The monoisotopic (exact) mass is 571 g/mol. The Hall–Kier alpha value is -4.67. The summed E-state index contributed by atoms with van der Waals surface area (Å²) in [5.41, 5.74) is 1.14. The van der Waals surface area contributed by atoms with Crippen molar-refractivity contribution in [1.29, 1.82) is 0 Å². The number of sulfonamides is 2. The number of benzene rings is 5. The highest BCUT2D eigenvalue weighted by Crippen LogP contribution is 2.28. The van der Waals surface area contributed by atoms with Crippen molar-refractivity contribution in [3.05, 3.63) is 127 Å². The van der Waals surface area contributed by atoms with Crippen molar-refractivity contribution in [3.63, 3.8) is 0 Å². The number of hydrogen-bond donors (Lipinski definition) is 2. The zero-order valence-corrected chi connectivity index (χ0v) is 23.0. The van der Waals surface area contributed by atoms with Crippen LogP contribution in [0.15, 0.2) is 131 Å². The van der Waals surface area contributed by atoms with Gasteiger partial charge in [0.05, 0.1) is 26.7 Å². The van der Waals surface area contributed by atoms with E-state index in [2.05, 4.69) is 10.0 Å². The summed E-state index contributed by atoms with van der Waals surface area (Å²) in [6.45, 7) is 0. The maximum atomic E-state index is 13.2. The zero-order chi connectivity index (χ0) is 28.3. The molecule has 0 spiro atoms. The molecule has 0 bridgehead atoms. The smallest absolute Gasteiger partial charge is 0.264 e. The molecule has 40 heavy (non-hydrogen) atoms. The van der Waals surface area contributed by atoms with Crippen LogP contribution < -0.4 is 14.3 Å². The van der Waals surface area contributed by atoms with E-state index in [1.165, 1.54) is 49.5 Å². The van der Waals surface area contributed by atoms with Crippen molar-refractivity contribution in [1.82, 2.24) is 0 Å². The molecule has 202 valence electrons. The van der Waals surface area contributed by atoms with E-state index in [1.54, 1.807) is 48.5 Å². The molecule has 2 N–H and O–H groups in total. The second-order valence-corrected chi connectivity index (χ2v) is 12.6. The number of anilines is 3. The summed E-state index contributed by atoms with van der Waals surface area (Å²) < 4.78 is 56.1. The largest absolute Gasteiger partial charge is 0.322 e. The number of rotatable bonds is 8. The molecular weight excluding hydrogens is 546 g/mol. The van der Waals surface area contributed by atoms with Crippen LogP contribution in [0.1, 0.15) is 10.4 Å². The number of fused-ring (bicyclic) bond motifs is 1. The molecule has 0 aliphatic carbocycles. The van der Waals surface area contributed by atoms with Crippen molar-refractivity contribution < 1.29 is 21.6 Å². The fourth-order valence-electron chi connectivity index (χ4n) is 4.25. The molecule has 5 aromatic rings. The summed E-state index contributed by atoms with van der Waals surface area (Å²) in [7, 11) is -6.42. The zero-order valence-electron chi connectivity index (χ0n) is 21.4. The van der Waals surface area contributed by atoms with Crippen molar-refractivity contribution in [2.24, 2.45) is 0 Å². The fraction of sp³-hybridized carbons (Fsp3) is 0.0333. The second-order valence-electron chi connectivity index (χ2n) is 8.91. The third-order valence-corrected chi connectivity index (χ3v) is 9.51. The van der Waals surface area contributed by atoms with Gasteiger partial charge in [0.25, 0.3) is 26.0 Å². The summed E-state index contributed by atoms with van der Waals surface area (Å²) in [5, 5.41) is 4.40. The van der Waals surface area contributed by atoms with Gasteiger partial charge in [0.2, 0.25) is 0 Å². The molecule has 0 aliphatic heterocycles. The van der Waals surface area contributed by atoms with E-state index >= 15 is 0 Å². The van der Waals surface area contributed by atoms with Gasteiger partial charge in [0, 0.05) is 18.1 Å². The number of carbonyl (C=O) groups excluding carboxylic acids is 1. The Kier molecular flexibility index (Phi) is 7.29. The van der Waals surface area contributed by atoms with E-state index in [9.17, 15) is 21.6 Å². The summed E-state index contributed by atoms with van der Waals surface area (Å²) in [6, 6.07) is 32.8. The molecule has 0 atom stereocenters. The van der Waals surface area contributed by atoms with Gasteiger partial charge in [-0.15, -0.1) is 0 Å². The van der Waals surface area contributed by atoms with Gasteiger partial charge in [-0.2, -0.15) is 0 Å². The van der Waals surface area contributed by atoms with Crippen LogP contribution in [-0.4, -0.2) is 29.8 Å². The predicted molar refractivity (Wildman–Crippen MR) is 158 cm³/mol. The first-order valence-corrected chi connectivity index (χ1v) is 15.1. The van der Waals surface area contributed by atoms with Crippen molar-refractivity contribution in [2.75, 3.05) is 21.4 Å². The molecule has 0 saturated heterocycles. The molecule has 0 aliphatic rings. The number of hydrogen-bond acceptors (Lipinski definition) is 5. The molecule has 0 saturated carbocycles. The Morgan fingerprint density at radius 2 is 1.27 bits per heavy atom. The molecule has 0 aromatic heterocycles. The van der Waals surface area contributed by atoms with E-state index in [4.69, 9.17) is 0 Å². The highest BCUT2D eigenvalue weighted by Gasteiger charge is 2.25. The summed E-state index contributed by atoms with van der Waals surface area (Å²) in [5.74, 6) is -0.546. The third kappa shape index (κ3) is 5.40. The molecule has 5 rings (SSSR count). The van der Waals surface area contributed by atoms with Gasteiger partial charge in [0.15, 0.2) is 0 Å². The number of nitrogens with zero attached hydrogens (tertiary/aromatic N) is 1. The van der Waals surface area contributed by atoms with Gasteiger partial charge < -0.3 is 5.32 Å². The average molecular weight is 572 g/mol. The van der Waals surface area contributed by atoms with E-state index < -0.39 is 26.0 Å². The van der Waals surface area contributed by atoms with E-state index in [1.807, 2.05) is 30.3 Å². The Bertz CT molecular complexity index is 1900. The number of nitrogens with one attached hydrogen (secondary N) is 2. The van der Waals surface area contributed by atoms with Crippen LogP contribution in [0.3, 0.4) is 0 Å². The summed E-state index contributed by atoms with van der Waals surface area (Å²) >= 11 is 0. The Morgan fingerprint density at radius 1 is 0.650 bits per heavy atom. The first-order chi connectivity index (χ1) is 19.2. The highest BCUT2D eigenvalue weighted by atomic mass is 32.2. The van der Waals surface area contributed by atoms with Crippen LogP contribution in [0.2, 0.25) is 0 Å². The van der Waals surface area contributed by atoms with Crippen molar-refractivity contribution in [2.45, 2.75) is 9.79 Å². The lowest BCUT2D eigenvalue weighted by Crippen LogP contribution is -2.29. The number of para-hydroxylation sites is 1. The lowest BCUT2D eigenvalue weighted by atomic mass is 10.1. The van der Waals surface area contributed by atoms with Crippen molar-refractivity contribution >= 4 is 53.8 Å². The van der Waals surface area contributed by atoms with Crippen LogP contribution in [0.4, 0.5) is 17.1 Å². The second kappa shape index (κ2) is 10.8. The van der Waals surface area contributed by atoms with E-state index in [0.717, 1.165) is 15.1 Å². The molecular formula is C30H25N3O5S2. The molecule has 5 aromatic carbocycles. The first-order valence-electron chi connectivity index (χ1n) is 12.2. The van der Waals surface area contributed by atoms with E-state index in [0.29, 0.717) is 11.4 Å². The Labute approximate surface area is 233 Å². The van der Waals surface area contributed by atoms with E-state index in [-0.39, 0.29) is 21.0 Å². The third-order valence-electron chi connectivity index (χ3n) is 6.35. The quantitative estimate of drug-likeness (QED) is 0.247. The fourth-order valence-corrected chi connectivity index (χ4v) is 6.57. The normalized spacial score (nSPS) is 11.6. The SMILES string of the molecule is CN(c1ccccc1C(=O)Nc1ccc(S(=O)(=O)Nc2cccc3ccccc23)cc1)S(=O)(=O)c1ccccc1. The number of amides is 1. The molecule has 0 heterocycles. The lowest BCUT2D eigenvalue weighted by Gasteiger charge is -2.22. The average Bonchev–Trinajstić information content (AvgIpc) is 2.97. The Balaban J connectivity index is 1.35. The van der Waals surface area contributed by atoms with Crippen LogP contribution in [0.5, 0.6) is 0 Å². The topological polar surface area (TPSA) is 113 Å². The van der Waals surface area contributed by atoms with Crippen LogP contribution in [0.25, 0.3) is 10.8 Å². The molecule has 0 fully saturated rings. The molecule has 1 amide bonds. The van der Waals surface area contributed by atoms with Gasteiger partial charge in [0.1, 0.15) is 0 Å². The minimum atomic E-state index is -3.90. The van der Waals surface area contributed by atoms with Crippen LogP contribution >= 0.6 is 0 Å². The van der Waals surface area contributed by atoms with Gasteiger partial charge in [-0.25, -0.2) is 16.8 Å². The molecule has 8 nitrogen and oxygen atoms in total. The van der Waals surface area contributed by atoms with Crippen LogP contribution in [-0.2, 0) is 20.0 Å². The maximum Gasteiger partial charge on any atom is 0.264 e. The first kappa shape index (κ1) is 26.9. The molecule has 10 heteroatoms. The van der Waals surface area contributed by atoms with Crippen molar-refractivity contribution in [3.8, 4) is 0 Å². The summed E-state index contributed by atoms with van der Waals surface area (Å²) in [4.78, 5) is 13.3. The Morgan fingerprint density at radius 3 is 2.02 bits per heavy atom. The number of carbonyl (C=O) groups is 1. The lowest BCUT2D eigenvalue weighted by molar-refractivity contribution is 0.102. The van der Waals surface area contributed by atoms with Crippen LogP contribution in [0, 0.1) is 0 Å². The minimum absolute atomic E-state index is 0.0209. The minimum Gasteiger partial charge on any atom is -0.322 e. The van der Waals surface area contributed by atoms with Gasteiger partial charge in [-0.1, -0.05) is 66.7 Å². The molecule has 0 radical (unpaired) electrons.